The highest BCUT2D eigenvalue weighted by atomic mass is 32.2. The van der Waals surface area contributed by atoms with Crippen LogP contribution in [0, 0.1) is 36.5 Å². The van der Waals surface area contributed by atoms with Crippen molar-refractivity contribution in [2.24, 2.45) is 11.3 Å². The minimum Gasteiger partial charge on any atom is -0.325 e. The van der Waals surface area contributed by atoms with Crippen LogP contribution in [0.3, 0.4) is 0 Å². The number of thioether (sulfide) groups is 1. The number of carbonyl (C=O) groups excluding carboxylic acids is 1. The standard InChI is InChI=1S/C26H33N3OS/c1-7-23(24(30)28-21-10-8-16(2)12-17(21)3)31-25-19(15-27)13-18-14-20(26(4,5)6)9-11-22(18)29-25/h8,10,12-13,20,23H,7,9,11,14H2,1-6H3,(H,28,30). The maximum Gasteiger partial charge on any atom is 0.237 e. The molecule has 5 heteroatoms. The van der Waals surface area contributed by atoms with E-state index in [1.165, 1.54) is 22.9 Å². The van der Waals surface area contributed by atoms with Crippen LogP contribution in [0.1, 0.15) is 68.5 Å². The first-order valence-electron chi connectivity index (χ1n) is 11.1. The van der Waals surface area contributed by atoms with Crippen LogP contribution in [0.4, 0.5) is 5.69 Å². The van der Waals surface area contributed by atoms with Crippen molar-refractivity contribution in [1.82, 2.24) is 4.98 Å². The zero-order valence-corrected chi connectivity index (χ0v) is 20.3. The molecule has 0 radical (unpaired) electrons. The van der Waals surface area contributed by atoms with Gasteiger partial charge in [-0.1, -0.05) is 57.2 Å². The van der Waals surface area contributed by atoms with Crippen molar-refractivity contribution in [3.63, 3.8) is 0 Å². The molecule has 1 aliphatic carbocycles. The third-order valence-electron chi connectivity index (χ3n) is 6.25. The minimum atomic E-state index is -0.302. The smallest absolute Gasteiger partial charge is 0.237 e. The van der Waals surface area contributed by atoms with Gasteiger partial charge in [0.25, 0.3) is 0 Å². The molecule has 2 unspecified atom stereocenters. The maximum absolute atomic E-state index is 13.0. The van der Waals surface area contributed by atoms with Crippen LogP contribution in [-0.2, 0) is 17.6 Å². The SMILES string of the molecule is CCC(Sc1nc2c(cc1C#N)CC(C(C)(C)C)CC2)C(=O)Nc1ccc(C)cc1C. The van der Waals surface area contributed by atoms with Gasteiger partial charge in [0, 0.05) is 11.4 Å². The van der Waals surface area contributed by atoms with Gasteiger partial charge in [-0.05, 0) is 74.1 Å². The highest BCUT2D eigenvalue weighted by Crippen LogP contribution is 2.38. The Hall–Kier alpha value is -2.32. The lowest BCUT2D eigenvalue weighted by Gasteiger charge is -2.34. The Kier molecular flexibility index (Phi) is 7.11. The number of nitrogens with zero attached hydrogens (tertiary/aromatic N) is 2. The van der Waals surface area contributed by atoms with Gasteiger partial charge in [0.15, 0.2) is 0 Å². The number of pyridine rings is 1. The highest BCUT2D eigenvalue weighted by molar-refractivity contribution is 8.00. The number of nitrogens with one attached hydrogen (secondary N) is 1. The molecule has 3 rings (SSSR count). The first-order chi connectivity index (χ1) is 14.6. The summed E-state index contributed by atoms with van der Waals surface area (Å²) < 4.78 is 0. The summed E-state index contributed by atoms with van der Waals surface area (Å²) >= 11 is 1.41. The number of hydrogen-bond acceptors (Lipinski definition) is 4. The molecule has 164 valence electrons. The van der Waals surface area contributed by atoms with E-state index in [9.17, 15) is 10.1 Å². The molecule has 0 saturated carbocycles. The van der Waals surface area contributed by atoms with Gasteiger partial charge in [0.1, 0.15) is 11.1 Å². The Labute approximate surface area is 190 Å². The number of aromatic nitrogens is 1. The van der Waals surface area contributed by atoms with Crippen molar-refractivity contribution < 1.29 is 4.79 Å². The van der Waals surface area contributed by atoms with Gasteiger partial charge in [0.05, 0.1) is 10.8 Å². The number of fused-ring (bicyclic) bond motifs is 1. The second-order valence-electron chi connectivity index (χ2n) is 9.69. The summed E-state index contributed by atoms with van der Waals surface area (Å²) in [4.78, 5) is 17.9. The number of carbonyl (C=O) groups is 1. The predicted octanol–water partition coefficient (Wildman–Crippen LogP) is 6.23. The van der Waals surface area contributed by atoms with Gasteiger partial charge < -0.3 is 5.32 Å². The van der Waals surface area contributed by atoms with Crippen LogP contribution in [0.15, 0.2) is 29.3 Å². The lowest BCUT2D eigenvalue weighted by molar-refractivity contribution is -0.115. The van der Waals surface area contributed by atoms with Crippen molar-refractivity contribution in [1.29, 1.82) is 5.26 Å². The van der Waals surface area contributed by atoms with Crippen LogP contribution in [0.5, 0.6) is 0 Å². The van der Waals surface area contributed by atoms with Gasteiger partial charge in [-0.2, -0.15) is 5.26 Å². The zero-order valence-electron chi connectivity index (χ0n) is 19.5. The fraction of sp³-hybridized carbons (Fsp3) is 0.500. The summed E-state index contributed by atoms with van der Waals surface area (Å²) in [6.07, 6.45) is 3.68. The molecule has 1 N–H and O–H groups in total. The normalized spacial score (nSPS) is 16.9. The molecule has 0 fully saturated rings. The molecule has 1 aromatic heterocycles. The molecular formula is C26H33N3OS. The van der Waals surface area contributed by atoms with Crippen molar-refractivity contribution in [3.05, 3.63) is 52.2 Å². The number of amides is 1. The summed E-state index contributed by atoms with van der Waals surface area (Å²) in [6.45, 7) is 12.9. The van der Waals surface area contributed by atoms with E-state index in [4.69, 9.17) is 4.98 Å². The van der Waals surface area contributed by atoms with E-state index in [1.54, 1.807) is 0 Å². The zero-order chi connectivity index (χ0) is 22.8. The Morgan fingerprint density at radius 2 is 2.06 bits per heavy atom. The predicted molar refractivity (Wildman–Crippen MR) is 128 cm³/mol. The molecule has 1 amide bonds. The first kappa shape index (κ1) is 23.3. The number of rotatable bonds is 5. The van der Waals surface area contributed by atoms with E-state index in [0.29, 0.717) is 22.9 Å². The van der Waals surface area contributed by atoms with E-state index in [-0.39, 0.29) is 16.6 Å². The molecule has 1 aliphatic rings. The molecule has 1 aromatic carbocycles. The van der Waals surface area contributed by atoms with Gasteiger partial charge in [0.2, 0.25) is 5.91 Å². The lowest BCUT2D eigenvalue weighted by atomic mass is 9.71. The highest BCUT2D eigenvalue weighted by Gasteiger charge is 2.30. The summed E-state index contributed by atoms with van der Waals surface area (Å²) in [6, 6.07) is 10.3. The average Bonchev–Trinajstić information content (AvgIpc) is 2.72. The van der Waals surface area contributed by atoms with Gasteiger partial charge in [-0.25, -0.2) is 4.98 Å². The summed E-state index contributed by atoms with van der Waals surface area (Å²) in [5.41, 5.74) is 6.16. The Balaban J connectivity index is 1.80. The largest absolute Gasteiger partial charge is 0.325 e. The summed E-state index contributed by atoms with van der Waals surface area (Å²) in [5, 5.41) is 13.2. The Morgan fingerprint density at radius 3 is 2.68 bits per heavy atom. The quantitative estimate of drug-likeness (QED) is 0.565. The number of nitriles is 1. The fourth-order valence-electron chi connectivity index (χ4n) is 4.18. The van der Waals surface area contributed by atoms with E-state index < -0.39 is 0 Å². The van der Waals surface area contributed by atoms with E-state index >= 15 is 0 Å². The van der Waals surface area contributed by atoms with Crippen LogP contribution in [-0.4, -0.2) is 16.1 Å². The molecule has 1 heterocycles. The van der Waals surface area contributed by atoms with E-state index in [0.717, 1.165) is 36.2 Å². The number of benzene rings is 1. The molecule has 4 nitrogen and oxygen atoms in total. The molecule has 0 aliphatic heterocycles. The third-order valence-corrected chi connectivity index (χ3v) is 7.62. The van der Waals surface area contributed by atoms with Crippen LogP contribution >= 0.6 is 11.8 Å². The first-order valence-corrected chi connectivity index (χ1v) is 12.0. The second kappa shape index (κ2) is 9.44. The van der Waals surface area contributed by atoms with Gasteiger partial charge >= 0.3 is 0 Å². The number of anilines is 1. The third kappa shape index (κ3) is 5.49. The molecular weight excluding hydrogens is 402 g/mol. The van der Waals surface area contributed by atoms with Crippen LogP contribution < -0.4 is 5.32 Å². The van der Waals surface area contributed by atoms with Crippen LogP contribution in [0.2, 0.25) is 0 Å². The molecule has 0 bridgehead atoms. The maximum atomic E-state index is 13.0. The van der Waals surface area contributed by atoms with Gasteiger partial charge in [-0.15, -0.1) is 0 Å². The second-order valence-corrected chi connectivity index (χ2v) is 10.9. The fourth-order valence-corrected chi connectivity index (χ4v) is 5.18. The molecule has 2 aromatic rings. The molecule has 0 spiro atoms. The van der Waals surface area contributed by atoms with Crippen molar-refractivity contribution in [3.8, 4) is 6.07 Å². The molecule has 0 saturated heterocycles. The van der Waals surface area contributed by atoms with E-state index in [2.05, 4.69) is 38.2 Å². The van der Waals surface area contributed by atoms with Crippen molar-refractivity contribution in [2.45, 2.75) is 77.5 Å². The van der Waals surface area contributed by atoms with Crippen molar-refractivity contribution in [2.75, 3.05) is 5.32 Å². The average molecular weight is 436 g/mol. The summed E-state index contributed by atoms with van der Waals surface area (Å²) in [5.74, 6) is 0.550. The monoisotopic (exact) mass is 435 g/mol. The Morgan fingerprint density at radius 1 is 1.32 bits per heavy atom. The molecule has 2 atom stereocenters. The topological polar surface area (TPSA) is 65.8 Å². The van der Waals surface area contributed by atoms with Crippen molar-refractivity contribution >= 4 is 23.4 Å². The number of aryl methyl sites for hydroxylation is 3. The summed E-state index contributed by atoms with van der Waals surface area (Å²) in [7, 11) is 0. The Bertz CT molecular complexity index is 1020. The van der Waals surface area contributed by atoms with Gasteiger partial charge in [-0.3, -0.25) is 4.79 Å². The minimum absolute atomic E-state index is 0.0457. The van der Waals surface area contributed by atoms with E-state index in [1.807, 2.05) is 39.0 Å². The molecule has 31 heavy (non-hydrogen) atoms. The van der Waals surface area contributed by atoms with Crippen LogP contribution in [0.25, 0.3) is 0 Å². The lowest BCUT2D eigenvalue weighted by Crippen LogP contribution is -2.28. The number of hydrogen-bond donors (Lipinski definition) is 1.